The average molecular weight is 678 g/mol. The zero-order valence-electron chi connectivity index (χ0n) is 28.6. The zero-order chi connectivity index (χ0) is 34.7. The number of hydrogen-bond acceptors (Lipinski definition) is 7. The van der Waals surface area contributed by atoms with Gasteiger partial charge in [-0.1, -0.05) is 97.4 Å². The van der Waals surface area contributed by atoms with Gasteiger partial charge in [-0.05, 0) is 71.4 Å². The third-order valence-corrected chi connectivity index (χ3v) is 9.47. The van der Waals surface area contributed by atoms with Crippen LogP contribution >= 0.6 is 0 Å². The molecule has 2 aliphatic heterocycles. The Morgan fingerprint density at radius 3 is 2.28 bits per heavy atom. The van der Waals surface area contributed by atoms with Gasteiger partial charge in [-0.2, -0.15) is 0 Å². The van der Waals surface area contributed by atoms with Gasteiger partial charge in [0.25, 0.3) is 0 Å². The van der Waals surface area contributed by atoms with Gasteiger partial charge in [-0.15, -0.1) is 0 Å². The van der Waals surface area contributed by atoms with Crippen molar-refractivity contribution >= 4 is 12.0 Å². The van der Waals surface area contributed by atoms with Crippen molar-refractivity contribution in [2.24, 2.45) is 0 Å². The number of nitrogens with zero attached hydrogens (tertiary/aromatic N) is 1. The molecule has 6 rings (SSSR count). The molecule has 9 nitrogen and oxygen atoms in total. The van der Waals surface area contributed by atoms with Crippen LogP contribution in [0.15, 0.2) is 103 Å². The molecule has 4 aromatic carbocycles. The van der Waals surface area contributed by atoms with Crippen LogP contribution in [-0.2, 0) is 38.6 Å². The highest BCUT2D eigenvalue weighted by atomic mass is 16.7. The lowest BCUT2D eigenvalue weighted by atomic mass is 9.98. The number of methoxy groups -OCH3 is 1. The summed E-state index contributed by atoms with van der Waals surface area (Å²) in [4.78, 5) is 27.8. The number of urea groups is 1. The third kappa shape index (κ3) is 9.57. The lowest BCUT2D eigenvalue weighted by molar-refractivity contribution is -0.253. The van der Waals surface area contributed by atoms with Crippen LogP contribution in [0.1, 0.15) is 65.9 Å². The fraction of sp³-hybridized carbons (Fsp3) is 0.366. The molecule has 0 aromatic heterocycles. The molecule has 0 bridgehead atoms. The highest BCUT2D eigenvalue weighted by Gasteiger charge is 2.33. The first-order valence-electron chi connectivity index (χ1n) is 17.6. The van der Waals surface area contributed by atoms with Crippen LogP contribution in [-0.4, -0.2) is 60.9 Å². The van der Waals surface area contributed by atoms with Crippen molar-refractivity contribution in [3.05, 3.63) is 131 Å². The fourth-order valence-electron chi connectivity index (χ4n) is 6.77. The molecule has 4 aromatic rings. The highest BCUT2D eigenvalue weighted by molar-refractivity contribution is 5.83. The molecule has 2 heterocycles. The van der Waals surface area contributed by atoms with Crippen LogP contribution in [0.4, 0.5) is 4.79 Å². The number of carbonyl (C=O) groups excluding carboxylic acids is 2. The van der Waals surface area contributed by atoms with Crippen LogP contribution in [0.5, 0.6) is 0 Å². The van der Waals surface area contributed by atoms with E-state index in [4.69, 9.17) is 14.2 Å². The molecular formula is C41H47N3O6. The van der Waals surface area contributed by atoms with Crippen molar-refractivity contribution < 1.29 is 28.9 Å². The number of nitrogens with one attached hydrogen (secondary N) is 2. The molecule has 2 amide bonds. The Morgan fingerprint density at radius 1 is 0.820 bits per heavy atom. The molecule has 0 unspecified atom stereocenters. The van der Waals surface area contributed by atoms with E-state index in [1.54, 1.807) is 0 Å². The summed E-state index contributed by atoms with van der Waals surface area (Å²) in [5.41, 5.74) is 6.75. The topological polar surface area (TPSA) is 109 Å². The normalized spacial score (nSPS) is 20.1. The largest absolute Gasteiger partial charge is 0.467 e. The molecule has 2 aliphatic rings. The van der Waals surface area contributed by atoms with Gasteiger partial charge in [0.2, 0.25) is 0 Å². The number of benzene rings is 4. The molecular weight excluding hydrogens is 630 g/mol. The first-order valence-corrected chi connectivity index (χ1v) is 17.6. The Morgan fingerprint density at radius 2 is 1.54 bits per heavy atom. The molecule has 262 valence electrons. The van der Waals surface area contributed by atoms with E-state index < -0.39 is 24.3 Å². The molecule has 3 N–H and O–H groups in total. The minimum absolute atomic E-state index is 0.0109. The van der Waals surface area contributed by atoms with Gasteiger partial charge >= 0.3 is 12.0 Å². The summed E-state index contributed by atoms with van der Waals surface area (Å²) in [6.07, 6.45) is 4.18. The van der Waals surface area contributed by atoms with Crippen molar-refractivity contribution in [2.45, 2.75) is 69.8 Å². The minimum atomic E-state index is -0.806. The van der Waals surface area contributed by atoms with Crippen molar-refractivity contribution in [1.82, 2.24) is 15.5 Å². The minimum Gasteiger partial charge on any atom is -0.467 e. The van der Waals surface area contributed by atoms with E-state index in [-0.39, 0.29) is 25.4 Å². The van der Waals surface area contributed by atoms with E-state index in [1.165, 1.54) is 26.4 Å². The van der Waals surface area contributed by atoms with Gasteiger partial charge in [-0.25, -0.2) is 9.59 Å². The fourth-order valence-corrected chi connectivity index (χ4v) is 6.77. The highest BCUT2D eigenvalue weighted by Crippen LogP contribution is 2.39. The summed E-state index contributed by atoms with van der Waals surface area (Å²) in [7, 11) is 1.32. The van der Waals surface area contributed by atoms with Crippen molar-refractivity contribution in [3.8, 4) is 11.1 Å². The average Bonchev–Trinajstić information content (AvgIpc) is 3.17. The predicted octanol–water partition coefficient (Wildman–Crippen LogP) is 6.46. The Balaban J connectivity index is 1.13. The standard InChI is InChI=1S/C41H47N3O6/c1-48-39(46)37(23-29-10-4-2-5-11-29)43-41(47)42-26-31-12-8-13-33(22-31)34-14-9-15-35(24-34)40-49-36(27-44-20-6-3-7-21-44)25-38(50-40)32-18-16-30(28-45)17-19-32/h2,4-5,8-19,22,24,36-38,40,45H,3,6-7,20-21,23,25-28H2,1H3,(H2,42,43,47)/t36-,37-,38+,40+/m0/s1. The lowest BCUT2D eigenvalue weighted by Crippen LogP contribution is -2.47. The number of hydrogen-bond donors (Lipinski definition) is 3. The molecule has 0 saturated carbocycles. The maximum Gasteiger partial charge on any atom is 0.328 e. The monoisotopic (exact) mass is 677 g/mol. The molecule has 4 atom stereocenters. The smallest absolute Gasteiger partial charge is 0.328 e. The van der Waals surface area contributed by atoms with Crippen molar-refractivity contribution in [2.75, 3.05) is 26.7 Å². The molecule has 0 spiro atoms. The van der Waals surface area contributed by atoms with Gasteiger partial charge in [0.15, 0.2) is 6.29 Å². The second kappa shape index (κ2) is 17.4. The van der Waals surface area contributed by atoms with E-state index in [0.717, 1.165) is 65.0 Å². The maximum absolute atomic E-state index is 12.9. The summed E-state index contributed by atoms with van der Waals surface area (Å²) >= 11 is 0. The molecule has 0 aliphatic carbocycles. The van der Waals surface area contributed by atoms with E-state index in [0.29, 0.717) is 6.42 Å². The Hall–Kier alpha value is -4.54. The number of esters is 1. The second-order valence-corrected chi connectivity index (χ2v) is 13.1. The van der Waals surface area contributed by atoms with E-state index >= 15 is 0 Å². The number of likely N-dealkylation sites (tertiary alicyclic amines) is 1. The molecule has 50 heavy (non-hydrogen) atoms. The maximum atomic E-state index is 12.9. The predicted molar refractivity (Wildman–Crippen MR) is 192 cm³/mol. The Bertz CT molecular complexity index is 1690. The number of rotatable bonds is 12. The van der Waals surface area contributed by atoms with Crippen LogP contribution in [0.25, 0.3) is 11.1 Å². The van der Waals surface area contributed by atoms with E-state index in [1.807, 2.05) is 84.9 Å². The van der Waals surface area contributed by atoms with E-state index in [2.05, 4.69) is 33.7 Å². The number of amides is 2. The lowest BCUT2D eigenvalue weighted by Gasteiger charge is -2.39. The van der Waals surface area contributed by atoms with Gasteiger partial charge in [0, 0.05) is 31.5 Å². The summed E-state index contributed by atoms with van der Waals surface area (Å²) < 4.78 is 18.2. The number of aliphatic hydroxyl groups is 1. The van der Waals surface area contributed by atoms with Gasteiger partial charge in [-0.3, -0.25) is 0 Å². The quantitative estimate of drug-likeness (QED) is 0.148. The first kappa shape index (κ1) is 35.3. The van der Waals surface area contributed by atoms with Crippen LogP contribution < -0.4 is 10.6 Å². The molecule has 9 heteroatoms. The Labute approximate surface area is 294 Å². The third-order valence-electron chi connectivity index (χ3n) is 9.47. The Kier molecular flexibility index (Phi) is 12.3. The number of piperidine rings is 1. The molecule has 0 radical (unpaired) electrons. The van der Waals surface area contributed by atoms with Crippen molar-refractivity contribution in [3.63, 3.8) is 0 Å². The SMILES string of the molecule is COC(=O)[C@H](Cc1ccccc1)NC(=O)NCc1cccc(-c2cccc([C@@H]3O[C@H](CN4CCCCC4)C[C@H](c4ccc(CO)cc4)O3)c2)c1. The second-order valence-electron chi connectivity index (χ2n) is 13.1. The van der Waals surface area contributed by atoms with E-state index in [9.17, 15) is 14.7 Å². The van der Waals surface area contributed by atoms with Crippen LogP contribution in [0.2, 0.25) is 0 Å². The van der Waals surface area contributed by atoms with Gasteiger partial charge < -0.3 is 34.9 Å². The molecule has 2 saturated heterocycles. The molecule has 2 fully saturated rings. The number of ether oxygens (including phenoxy) is 3. The summed E-state index contributed by atoms with van der Waals surface area (Å²) in [5, 5.41) is 15.2. The first-order chi connectivity index (χ1) is 24.5. The summed E-state index contributed by atoms with van der Waals surface area (Å²) in [6, 6.07) is 32.5. The summed E-state index contributed by atoms with van der Waals surface area (Å²) in [5.74, 6) is -0.499. The van der Waals surface area contributed by atoms with Gasteiger partial charge in [0.1, 0.15) is 6.04 Å². The van der Waals surface area contributed by atoms with Gasteiger partial charge in [0.05, 0.1) is 25.9 Å². The van der Waals surface area contributed by atoms with Crippen molar-refractivity contribution in [1.29, 1.82) is 0 Å². The van der Waals surface area contributed by atoms with Crippen LogP contribution in [0.3, 0.4) is 0 Å². The zero-order valence-corrected chi connectivity index (χ0v) is 28.6. The number of aliphatic hydroxyl groups excluding tert-OH is 1. The number of carbonyl (C=O) groups is 2. The van der Waals surface area contributed by atoms with Crippen LogP contribution in [0, 0.1) is 0 Å². The summed E-state index contributed by atoms with van der Waals surface area (Å²) in [6.45, 7) is 3.37.